The molecule has 0 aromatic carbocycles. The summed E-state index contributed by atoms with van der Waals surface area (Å²) in [5.41, 5.74) is 1.58. The number of carbonyl (C=O) groups excluding carboxylic acids is 1. The highest BCUT2D eigenvalue weighted by atomic mass is 35.5. The highest BCUT2D eigenvalue weighted by Crippen LogP contribution is 2.01. The van der Waals surface area contributed by atoms with Gasteiger partial charge in [-0.15, -0.1) is 24.8 Å². The molecule has 3 nitrogen and oxygen atoms in total. The minimum atomic E-state index is -0.171. The second-order valence-electron chi connectivity index (χ2n) is 3.10. The number of rotatable bonds is 3. The smallest absolute Gasteiger partial charge is 0.197 e. The Morgan fingerprint density at radius 1 is 1.40 bits per heavy atom. The normalized spacial score (nSPS) is 10.9. The molecule has 1 rings (SSSR count). The van der Waals surface area contributed by atoms with Crippen LogP contribution < -0.4 is 5.32 Å². The van der Waals surface area contributed by atoms with Crippen molar-refractivity contribution in [3.8, 4) is 0 Å². The van der Waals surface area contributed by atoms with Gasteiger partial charge in [0.2, 0.25) is 0 Å². The molecule has 0 spiro atoms. The number of hydrogen-bond donors (Lipinski definition) is 1. The Morgan fingerprint density at radius 3 is 2.40 bits per heavy atom. The van der Waals surface area contributed by atoms with Crippen LogP contribution in [0.1, 0.15) is 23.0 Å². The monoisotopic (exact) mass is 250 g/mol. The van der Waals surface area contributed by atoms with Crippen LogP contribution in [0.4, 0.5) is 0 Å². The Bertz CT molecular complexity index is 301. The van der Waals surface area contributed by atoms with Crippen LogP contribution >= 0.6 is 24.8 Å². The lowest BCUT2D eigenvalue weighted by atomic mass is 10.1. The standard InChI is InChI=1S/C10H14N2O.2ClH/c1-7-4-5-9(12-6-7)10(13)8(2)11-3;;/h4-6,8,11H,1-3H3;2*1H. The molecule has 0 amide bonds. The molecule has 86 valence electrons. The summed E-state index contributed by atoms with van der Waals surface area (Å²) in [4.78, 5) is 15.6. The van der Waals surface area contributed by atoms with E-state index in [0.717, 1.165) is 5.56 Å². The highest BCUT2D eigenvalue weighted by Gasteiger charge is 2.13. The number of hydrogen-bond acceptors (Lipinski definition) is 3. The number of pyridine rings is 1. The number of nitrogens with zero attached hydrogens (tertiary/aromatic N) is 1. The number of nitrogens with one attached hydrogen (secondary N) is 1. The predicted octanol–water partition coefficient (Wildman–Crippen LogP) is 2.02. The van der Waals surface area contributed by atoms with E-state index in [-0.39, 0.29) is 36.6 Å². The van der Waals surface area contributed by atoms with Gasteiger partial charge in [0.25, 0.3) is 0 Å². The summed E-state index contributed by atoms with van der Waals surface area (Å²) >= 11 is 0. The largest absolute Gasteiger partial charge is 0.310 e. The van der Waals surface area contributed by atoms with E-state index in [0.29, 0.717) is 5.69 Å². The van der Waals surface area contributed by atoms with Gasteiger partial charge in [0.1, 0.15) is 5.69 Å². The van der Waals surface area contributed by atoms with Gasteiger partial charge < -0.3 is 5.32 Å². The van der Waals surface area contributed by atoms with Crippen molar-refractivity contribution in [3.63, 3.8) is 0 Å². The highest BCUT2D eigenvalue weighted by molar-refractivity contribution is 5.98. The maximum Gasteiger partial charge on any atom is 0.197 e. The minimum Gasteiger partial charge on any atom is -0.310 e. The van der Waals surface area contributed by atoms with Crippen molar-refractivity contribution in [1.29, 1.82) is 0 Å². The first kappa shape index (κ1) is 16.8. The molecule has 0 saturated heterocycles. The van der Waals surface area contributed by atoms with E-state index < -0.39 is 0 Å². The molecule has 0 bridgehead atoms. The van der Waals surface area contributed by atoms with Crippen molar-refractivity contribution >= 4 is 30.6 Å². The van der Waals surface area contributed by atoms with E-state index in [9.17, 15) is 4.79 Å². The van der Waals surface area contributed by atoms with Crippen molar-refractivity contribution in [2.24, 2.45) is 0 Å². The fourth-order valence-electron chi connectivity index (χ4n) is 0.966. The van der Waals surface area contributed by atoms with Crippen LogP contribution in [0.3, 0.4) is 0 Å². The van der Waals surface area contributed by atoms with Gasteiger partial charge in [-0.25, -0.2) is 0 Å². The summed E-state index contributed by atoms with van der Waals surface area (Å²) < 4.78 is 0. The quantitative estimate of drug-likeness (QED) is 0.836. The average Bonchev–Trinajstić information content (AvgIpc) is 2.17. The van der Waals surface area contributed by atoms with Crippen molar-refractivity contribution in [2.75, 3.05) is 7.05 Å². The summed E-state index contributed by atoms with van der Waals surface area (Å²) in [6.07, 6.45) is 1.70. The summed E-state index contributed by atoms with van der Waals surface area (Å²) in [6.45, 7) is 3.77. The van der Waals surface area contributed by atoms with E-state index in [1.165, 1.54) is 0 Å². The van der Waals surface area contributed by atoms with Crippen molar-refractivity contribution in [2.45, 2.75) is 19.9 Å². The summed E-state index contributed by atoms with van der Waals surface area (Å²) in [7, 11) is 1.76. The van der Waals surface area contributed by atoms with Gasteiger partial charge in [-0.3, -0.25) is 9.78 Å². The SMILES string of the molecule is CNC(C)C(=O)c1ccc(C)cn1.Cl.Cl. The van der Waals surface area contributed by atoms with Crippen LogP contribution in [0.25, 0.3) is 0 Å². The van der Waals surface area contributed by atoms with Crippen molar-refractivity contribution < 1.29 is 4.79 Å². The molecule has 0 aliphatic rings. The predicted molar refractivity (Wildman–Crippen MR) is 66.3 cm³/mol. The number of carbonyl (C=O) groups is 1. The average molecular weight is 251 g/mol. The third kappa shape index (κ3) is 4.60. The van der Waals surface area contributed by atoms with E-state index in [4.69, 9.17) is 0 Å². The molecule has 1 unspecified atom stereocenters. The molecule has 5 heteroatoms. The fraction of sp³-hybridized carbons (Fsp3) is 0.400. The molecule has 0 saturated carbocycles. The van der Waals surface area contributed by atoms with Crippen LogP contribution in [-0.4, -0.2) is 23.9 Å². The maximum absolute atomic E-state index is 11.6. The number of aryl methyl sites for hydroxylation is 1. The number of Topliss-reactive ketones (excluding diaryl/α,β-unsaturated/α-hetero) is 1. The second kappa shape index (κ2) is 7.63. The van der Waals surface area contributed by atoms with E-state index in [1.54, 1.807) is 19.3 Å². The first-order valence-corrected chi connectivity index (χ1v) is 4.29. The zero-order chi connectivity index (χ0) is 9.84. The molecular weight excluding hydrogens is 235 g/mol. The van der Waals surface area contributed by atoms with Crippen molar-refractivity contribution in [3.05, 3.63) is 29.6 Å². The zero-order valence-corrected chi connectivity index (χ0v) is 10.6. The first-order valence-electron chi connectivity index (χ1n) is 4.29. The number of aromatic nitrogens is 1. The van der Waals surface area contributed by atoms with Gasteiger partial charge in [-0.05, 0) is 32.5 Å². The number of halogens is 2. The van der Waals surface area contributed by atoms with Crippen molar-refractivity contribution in [1.82, 2.24) is 10.3 Å². The Balaban J connectivity index is 0. The molecular formula is C10H16Cl2N2O. The van der Waals surface area contributed by atoms with Crippen LogP contribution in [-0.2, 0) is 0 Å². The lowest BCUT2D eigenvalue weighted by Crippen LogP contribution is -2.31. The molecule has 1 aromatic heterocycles. The van der Waals surface area contributed by atoms with E-state index in [1.807, 2.05) is 19.9 Å². The first-order chi connectivity index (χ1) is 6.15. The molecule has 15 heavy (non-hydrogen) atoms. The van der Waals surface area contributed by atoms with Gasteiger partial charge in [0.15, 0.2) is 5.78 Å². The molecule has 1 aromatic rings. The second-order valence-corrected chi connectivity index (χ2v) is 3.10. The topological polar surface area (TPSA) is 42.0 Å². The number of ketones is 1. The van der Waals surface area contributed by atoms with Crippen LogP contribution in [0.2, 0.25) is 0 Å². The minimum absolute atomic E-state index is 0. The Hall–Kier alpha value is -0.640. The molecule has 0 aliphatic carbocycles. The molecule has 0 aliphatic heterocycles. The van der Waals surface area contributed by atoms with Gasteiger partial charge >= 0.3 is 0 Å². The van der Waals surface area contributed by atoms with Gasteiger partial charge in [-0.1, -0.05) is 6.07 Å². The molecule has 0 radical (unpaired) electrons. The summed E-state index contributed by atoms with van der Waals surface area (Å²) in [5, 5.41) is 2.89. The summed E-state index contributed by atoms with van der Waals surface area (Å²) in [6, 6.07) is 3.48. The molecule has 1 N–H and O–H groups in total. The van der Waals surface area contributed by atoms with Gasteiger partial charge in [0, 0.05) is 6.20 Å². The van der Waals surface area contributed by atoms with Gasteiger partial charge in [-0.2, -0.15) is 0 Å². The molecule has 1 heterocycles. The van der Waals surface area contributed by atoms with E-state index >= 15 is 0 Å². The van der Waals surface area contributed by atoms with Gasteiger partial charge in [0.05, 0.1) is 6.04 Å². The summed E-state index contributed by atoms with van der Waals surface area (Å²) in [5.74, 6) is 0.0301. The third-order valence-electron chi connectivity index (χ3n) is 1.99. The zero-order valence-electron chi connectivity index (χ0n) is 8.98. The van der Waals surface area contributed by atoms with Crippen LogP contribution in [0.5, 0.6) is 0 Å². The maximum atomic E-state index is 11.6. The molecule has 1 atom stereocenters. The van der Waals surface area contributed by atoms with E-state index in [2.05, 4.69) is 10.3 Å². The van der Waals surface area contributed by atoms with Crippen LogP contribution in [0, 0.1) is 6.92 Å². The molecule has 0 fully saturated rings. The Kier molecular flexibility index (Phi) is 8.53. The Morgan fingerprint density at radius 2 is 2.00 bits per heavy atom. The Labute approximate surface area is 102 Å². The lowest BCUT2D eigenvalue weighted by molar-refractivity contribution is 0.0950. The number of likely N-dealkylation sites (N-methyl/N-ethyl adjacent to an activating group) is 1. The lowest BCUT2D eigenvalue weighted by Gasteiger charge is -2.07. The third-order valence-corrected chi connectivity index (χ3v) is 1.99. The fourth-order valence-corrected chi connectivity index (χ4v) is 0.966. The van der Waals surface area contributed by atoms with Crippen LogP contribution in [0.15, 0.2) is 18.3 Å².